The molecule has 0 saturated carbocycles. The molecule has 0 unspecified atom stereocenters. The Labute approximate surface area is 167 Å². The van der Waals surface area contributed by atoms with Gasteiger partial charge < -0.3 is 23.4 Å². The number of hydrogen-bond donors (Lipinski definition) is 0. The van der Waals surface area contributed by atoms with Gasteiger partial charge in [0, 0.05) is 13.0 Å². The number of ether oxygens (including phenoxy) is 4. The highest BCUT2D eigenvalue weighted by molar-refractivity contribution is 6.74. The summed E-state index contributed by atoms with van der Waals surface area (Å²) in [6.07, 6.45) is -1.17. The second-order valence-corrected chi connectivity index (χ2v) is 14.2. The molecule has 0 aromatic carbocycles. The summed E-state index contributed by atoms with van der Waals surface area (Å²) in [5, 5.41) is 0.00197. The van der Waals surface area contributed by atoms with Crippen molar-refractivity contribution < 1.29 is 33.0 Å². The Morgan fingerprint density at radius 2 is 2.00 bits per heavy atom. The summed E-state index contributed by atoms with van der Waals surface area (Å²) >= 11 is 0. The van der Waals surface area contributed by atoms with Gasteiger partial charge in [0.15, 0.2) is 13.9 Å². The van der Waals surface area contributed by atoms with Crippen molar-refractivity contribution in [1.82, 2.24) is 4.90 Å². The van der Waals surface area contributed by atoms with Crippen LogP contribution >= 0.6 is 0 Å². The number of rotatable bonds is 5. The SMILES string of the molecule is CCN1C(=O)O[C@@H]2CO[C@@H]3C[C@](CO[Si](C)(C)C(C)(C)C)(C(=O)OC)O[C@@H]3[C@@H]21. The van der Waals surface area contributed by atoms with Gasteiger partial charge in [-0.15, -0.1) is 0 Å². The van der Waals surface area contributed by atoms with Gasteiger partial charge in [0.05, 0.1) is 26.4 Å². The third-order valence-electron chi connectivity index (χ3n) is 6.67. The molecule has 0 bridgehead atoms. The predicted molar refractivity (Wildman–Crippen MR) is 104 cm³/mol. The van der Waals surface area contributed by atoms with E-state index in [0.717, 1.165) is 0 Å². The number of carbonyl (C=O) groups excluding carboxylic acids is 2. The maximum absolute atomic E-state index is 12.8. The van der Waals surface area contributed by atoms with Crippen molar-refractivity contribution in [2.45, 2.75) is 82.2 Å². The zero-order valence-electron chi connectivity index (χ0n) is 17.9. The lowest BCUT2D eigenvalue weighted by Crippen LogP contribution is -2.55. The first-order valence-corrected chi connectivity index (χ1v) is 12.9. The Kier molecular flexibility index (Phi) is 5.59. The number of nitrogens with zero attached hydrogens (tertiary/aromatic N) is 1. The molecule has 3 aliphatic heterocycles. The summed E-state index contributed by atoms with van der Waals surface area (Å²) in [7, 11) is -0.749. The topological polar surface area (TPSA) is 83.5 Å². The molecule has 1 amide bonds. The number of amides is 1. The highest BCUT2D eigenvalue weighted by Crippen LogP contribution is 2.44. The molecule has 28 heavy (non-hydrogen) atoms. The molecule has 0 aromatic heterocycles. The fraction of sp³-hybridized carbons (Fsp3) is 0.895. The van der Waals surface area contributed by atoms with Gasteiger partial charge in [0.25, 0.3) is 0 Å². The minimum atomic E-state index is -2.10. The first kappa shape index (κ1) is 21.5. The standard InChI is InChI=1S/C19H33NO7Si/c1-8-20-14-13(26-17(20)22)10-24-12-9-19(16(21)23-5,27-15(12)14)11-25-28(6,7)18(2,3)4/h12-15H,8-11H2,1-7H3/t12-,13-,14-,15+,19+/m1/s1. The second kappa shape index (κ2) is 7.27. The summed E-state index contributed by atoms with van der Waals surface area (Å²) in [6, 6.07) is -0.268. The van der Waals surface area contributed by atoms with Crippen molar-refractivity contribution in [3.63, 3.8) is 0 Å². The average molecular weight is 416 g/mol. The normalized spacial score (nSPS) is 35.4. The molecule has 0 spiro atoms. The third kappa shape index (κ3) is 3.46. The number of carbonyl (C=O) groups is 2. The quantitative estimate of drug-likeness (QED) is 0.503. The molecule has 3 aliphatic rings. The van der Waals surface area contributed by atoms with Gasteiger partial charge in [-0.3, -0.25) is 4.90 Å². The number of hydrogen-bond acceptors (Lipinski definition) is 7. The molecule has 5 atom stereocenters. The van der Waals surface area contributed by atoms with Crippen LogP contribution in [0.1, 0.15) is 34.1 Å². The van der Waals surface area contributed by atoms with Crippen LogP contribution in [0.25, 0.3) is 0 Å². The summed E-state index contributed by atoms with van der Waals surface area (Å²) < 4.78 is 29.1. The lowest BCUT2D eigenvalue weighted by atomic mass is 9.93. The lowest BCUT2D eigenvalue weighted by molar-refractivity contribution is -0.180. The molecule has 0 radical (unpaired) electrons. The van der Waals surface area contributed by atoms with Crippen LogP contribution < -0.4 is 0 Å². The maximum Gasteiger partial charge on any atom is 0.410 e. The van der Waals surface area contributed by atoms with Crippen molar-refractivity contribution in [1.29, 1.82) is 0 Å². The molecule has 9 heteroatoms. The Balaban J connectivity index is 1.84. The van der Waals surface area contributed by atoms with E-state index in [9.17, 15) is 9.59 Å². The fourth-order valence-electron chi connectivity index (χ4n) is 3.92. The minimum absolute atomic E-state index is 0.00197. The molecule has 0 N–H and O–H groups in total. The zero-order valence-corrected chi connectivity index (χ0v) is 18.9. The molecular weight excluding hydrogens is 382 g/mol. The van der Waals surface area contributed by atoms with Crippen LogP contribution in [0.3, 0.4) is 0 Å². The predicted octanol–water partition coefficient (Wildman–Crippen LogP) is 2.32. The number of methoxy groups -OCH3 is 1. The van der Waals surface area contributed by atoms with Crippen LogP contribution in [-0.2, 0) is 28.2 Å². The van der Waals surface area contributed by atoms with Crippen LogP contribution in [0.4, 0.5) is 4.79 Å². The number of likely N-dealkylation sites (N-methyl/N-ethyl adjacent to an activating group) is 1. The Morgan fingerprint density at radius 3 is 2.57 bits per heavy atom. The third-order valence-corrected chi connectivity index (χ3v) is 11.1. The molecule has 3 heterocycles. The van der Waals surface area contributed by atoms with Crippen LogP contribution in [-0.4, -0.2) is 82.1 Å². The minimum Gasteiger partial charge on any atom is -0.467 e. The average Bonchev–Trinajstić information content (AvgIpc) is 3.15. The molecule has 0 aromatic rings. The van der Waals surface area contributed by atoms with E-state index in [0.29, 0.717) is 19.6 Å². The maximum atomic E-state index is 12.8. The van der Waals surface area contributed by atoms with Gasteiger partial charge in [0.2, 0.25) is 0 Å². The molecule has 8 nitrogen and oxygen atoms in total. The van der Waals surface area contributed by atoms with E-state index < -0.39 is 26.0 Å². The first-order chi connectivity index (χ1) is 13.0. The van der Waals surface area contributed by atoms with Gasteiger partial charge in [-0.1, -0.05) is 20.8 Å². The Morgan fingerprint density at radius 1 is 1.32 bits per heavy atom. The van der Waals surface area contributed by atoms with E-state index in [4.69, 9.17) is 23.4 Å². The van der Waals surface area contributed by atoms with Gasteiger partial charge >= 0.3 is 12.1 Å². The number of fused-ring (bicyclic) bond motifs is 3. The van der Waals surface area contributed by atoms with E-state index >= 15 is 0 Å². The van der Waals surface area contributed by atoms with E-state index in [1.807, 2.05) is 6.92 Å². The molecule has 160 valence electrons. The van der Waals surface area contributed by atoms with Crippen LogP contribution in [0.5, 0.6) is 0 Å². The van der Waals surface area contributed by atoms with Crippen LogP contribution in [0.2, 0.25) is 18.1 Å². The molecule has 3 rings (SSSR count). The van der Waals surface area contributed by atoms with Gasteiger partial charge in [-0.05, 0) is 25.1 Å². The summed E-state index contributed by atoms with van der Waals surface area (Å²) in [5.41, 5.74) is -1.24. The van der Waals surface area contributed by atoms with Crippen molar-refractivity contribution >= 4 is 20.4 Å². The van der Waals surface area contributed by atoms with Crippen molar-refractivity contribution in [3.05, 3.63) is 0 Å². The zero-order chi connectivity index (χ0) is 20.9. The smallest absolute Gasteiger partial charge is 0.410 e. The molecule has 3 saturated heterocycles. The summed E-state index contributed by atoms with van der Waals surface area (Å²) in [6.45, 7) is 13.5. The van der Waals surface area contributed by atoms with Crippen molar-refractivity contribution in [2.24, 2.45) is 0 Å². The molecular formula is C19H33NO7Si. The van der Waals surface area contributed by atoms with E-state index in [2.05, 4.69) is 33.9 Å². The first-order valence-electron chi connectivity index (χ1n) is 9.95. The van der Waals surface area contributed by atoms with E-state index in [-0.39, 0.29) is 36.0 Å². The second-order valence-electron chi connectivity index (χ2n) is 9.39. The Hall–Kier alpha value is -1.16. The molecule has 3 fully saturated rings. The van der Waals surface area contributed by atoms with E-state index in [1.165, 1.54) is 7.11 Å². The summed E-state index contributed by atoms with van der Waals surface area (Å²) in [4.78, 5) is 26.6. The van der Waals surface area contributed by atoms with Crippen LogP contribution in [0, 0.1) is 0 Å². The monoisotopic (exact) mass is 415 g/mol. The largest absolute Gasteiger partial charge is 0.467 e. The highest BCUT2D eigenvalue weighted by atomic mass is 28.4. The van der Waals surface area contributed by atoms with Gasteiger partial charge in [-0.2, -0.15) is 0 Å². The Bertz CT molecular complexity index is 634. The van der Waals surface area contributed by atoms with Crippen molar-refractivity contribution in [2.75, 3.05) is 26.9 Å². The number of esters is 1. The van der Waals surface area contributed by atoms with E-state index in [1.54, 1.807) is 4.90 Å². The van der Waals surface area contributed by atoms with Crippen LogP contribution in [0.15, 0.2) is 0 Å². The highest BCUT2D eigenvalue weighted by Gasteiger charge is 2.62. The lowest BCUT2D eigenvalue weighted by Gasteiger charge is -2.39. The fourth-order valence-corrected chi connectivity index (χ4v) is 4.95. The summed E-state index contributed by atoms with van der Waals surface area (Å²) in [5.74, 6) is -0.464. The van der Waals surface area contributed by atoms with Gasteiger partial charge in [-0.25, -0.2) is 9.59 Å². The van der Waals surface area contributed by atoms with Crippen molar-refractivity contribution in [3.8, 4) is 0 Å². The van der Waals surface area contributed by atoms with Gasteiger partial charge in [0.1, 0.15) is 18.2 Å². The molecule has 0 aliphatic carbocycles.